The normalized spacial score (nSPS) is 10.7. The predicted molar refractivity (Wildman–Crippen MR) is 334 cm³/mol. The van der Waals surface area contributed by atoms with Crippen molar-refractivity contribution in [2.45, 2.75) is 40.9 Å². The molecule has 0 aliphatic heterocycles. The van der Waals surface area contributed by atoms with E-state index in [0.717, 1.165) is 112 Å². The van der Waals surface area contributed by atoms with E-state index in [9.17, 15) is 9.59 Å². The maximum absolute atomic E-state index is 12.1. The van der Waals surface area contributed by atoms with Gasteiger partial charge in [0, 0.05) is 34.1 Å². The van der Waals surface area contributed by atoms with Crippen LogP contribution in [0.4, 0.5) is 43.7 Å². The number of ether oxygens (including phenoxy) is 4. The largest absolute Gasteiger partial charge is 0.508 e. The molecule has 0 aromatic heterocycles. The molecule has 0 N–H and O–H groups in total. The summed E-state index contributed by atoms with van der Waals surface area (Å²) in [5.74, 6) is 0. The third-order valence-electron chi connectivity index (χ3n) is 14.1. The highest BCUT2D eigenvalue weighted by Gasteiger charge is 2.20. The van der Waals surface area contributed by atoms with E-state index in [4.69, 9.17) is 18.9 Å². The summed E-state index contributed by atoms with van der Waals surface area (Å²) in [7, 11) is 0. The standard InChI is InChI=1S/C74H64N2O6/c1-5-79-73(77)81-51-57-31-41-67(42-32-57)75(65-37-27-55(28-38-65)49-69(59-19-11-7-12-20-59)60-21-13-8-14-22-60)71-45-35-63(47-53(71)3)64-36-46-72(54(4)48-64)76(68-43-33-58(34-44-68)52-82-74(78)80-6-2)66-39-29-56(30-40-66)50-70(61-23-15-9-16-24-61)62-25-17-10-18-26-62/h7-50H,5-6,51-52H2,1-4H3. The molecule has 0 saturated carbocycles. The fraction of sp³-hybridized carbons (Fsp3) is 0.108. The van der Waals surface area contributed by atoms with Crippen molar-refractivity contribution in [2.75, 3.05) is 23.0 Å². The van der Waals surface area contributed by atoms with Crippen molar-refractivity contribution in [3.05, 3.63) is 310 Å². The highest BCUT2D eigenvalue weighted by molar-refractivity contribution is 5.93. The first-order valence-corrected chi connectivity index (χ1v) is 27.7. The third-order valence-corrected chi connectivity index (χ3v) is 14.1. The summed E-state index contributed by atoms with van der Waals surface area (Å²) in [6, 6.07) is 88.7. The van der Waals surface area contributed by atoms with Crippen molar-refractivity contribution in [3.8, 4) is 11.1 Å². The number of nitrogens with zero attached hydrogens (tertiary/aromatic N) is 2. The van der Waals surface area contributed by atoms with Crippen LogP contribution in [0.1, 0.15) is 69.5 Å². The van der Waals surface area contributed by atoms with E-state index >= 15 is 0 Å². The Morgan fingerprint density at radius 3 is 0.927 bits per heavy atom. The van der Waals surface area contributed by atoms with E-state index in [1.807, 2.05) is 48.5 Å². The van der Waals surface area contributed by atoms with Crippen LogP contribution in [-0.4, -0.2) is 25.5 Å². The van der Waals surface area contributed by atoms with Crippen molar-refractivity contribution >= 4 is 69.7 Å². The lowest BCUT2D eigenvalue weighted by atomic mass is 9.95. The van der Waals surface area contributed by atoms with Gasteiger partial charge >= 0.3 is 12.3 Å². The molecule has 10 aromatic carbocycles. The van der Waals surface area contributed by atoms with Gasteiger partial charge in [-0.05, 0) is 191 Å². The molecule has 0 amide bonds. The lowest BCUT2D eigenvalue weighted by molar-refractivity contribution is 0.0527. The first-order chi connectivity index (χ1) is 40.2. The maximum atomic E-state index is 12.1. The molecule has 0 aliphatic rings. The van der Waals surface area contributed by atoms with Crippen molar-refractivity contribution in [3.63, 3.8) is 0 Å². The highest BCUT2D eigenvalue weighted by atomic mass is 16.7. The van der Waals surface area contributed by atoms with Gasteiger partial charge in [0.2, 0.25) is 0 Å². The first kappa shape index (κ1) is 55.1. The van der Waals surface area contributed by atoms with Crippen molar-refractivity contribution < 1.29 is 28.5 Å². The van der Waals surface area contributed by atoms with Gasteiger partial charge in [0.25, 0.3) is 0 Å². The van der Waals surface area contributed by atoms with Crippen molar-refractivity contribution in [1.82, 2.24) is 0 Å². The second-order valence-corrected chi connectivity index (χ2v) is 19.7. The fourth-order valence-electron chi connectivity index (χ4n) is 10.0. The number of benzene rings is 10. The second-order valence-electron chi connectivity index (χ2n) is 19.7. The van der Waals surface area contributed by atoms with Gasteiger partial charge in [0.15, 0.2) is 0 Å². The van der Waals surface area contributed by atoms with Gasteiger partial charge in [-0.3, -0.25) is 0 Å². The smallest absolute Gasteiger partial charge is 0.435 e. The minimum atomic E-state index is -0.690. The van der Waals surface area contributed by atoms with E-state index in [2.05, 4.69) is 242 Å². The molecule has 0 radical (unpaired) electrons. The molecule has 0 atom stereocenters. The fourth-order valence-corrected chi connectivity index (χ4v) is 10.0. The molecule has 0 fully saturated rings. The summed E-state index contributed by atoms with van der Waals surface area (Å²) < 4.78 is 20.7. The van der Waals surface area contributed by atoms with Crippen LogP contribution in [-0.2, 0) is 32.2 Å². The number of carbonyl (C=O) groups is 2. The molecule has 10 rings (SSSR count). The topological polar surface area (TPSA) is 77.5 Å². The molecule has 406 valence electrons. The molecule has 0 spiro atoms. The van der Waals surface area contributed by atoms with Gasteiger partial charge < -0.3 is 28.7 Å². The van der Waals surface area contributed by atoms with Crippen LogP contribution in [0.3, 0.4) is 0 Å². The quantitative estimate of drug-likeness (QED) is 0.0585. The Hall–Kier alpha value is -10.2. The van der Waals surface area contributed by atoms with E-state index in [-0.39, 0.29) is 26.4 Å². The van der Waals surface area contributed by atoms with E-state index in [0.29, 0.717) is 0 Å². The number of rotatable bonds is 19. The monoisotopic (exact) mass is 1080 g/mol. The van der Waals surface area contributed by atoms with Crippen molar-refractivity contribution in [1.29, 1.82) is 0 Å². The summed E-state index contributed by atoms with van der Waals surface area (Å²) in [6.07, 6.45) is 3.11. The molecule has 0 saturated heterocycles. The number of anilines is 6. The number of carbonyl (C=O) groups excluding carboxylic acids is 2. The molecule has 0 unspecified atom stereocenters. The van der Waals surface area contributed by atoms with Gasteiger partial charge in [-0.15, -0.1) is 0 Å². The Labute approximate surface area is 481 Å². The van der Waals surface area contributed by atoms with Crippen LogP contribution in [0.15, 0.2) is 255 Å². The summed E-state index contributed by atoms with van der Waals surface area (Å²) in [4.78, 5) is 28.7. The molecular weight excluding hydrogens is 1010 g/mol. The number of hydrogen-bond acceptors (Lipinski definition) is 8. The molecule has 8 nitrogen and oxygen atoms in total. The van der Waals surface area contributed by atoms with Gasteiger partial charge in [-0.2, -0.15) is 0 Å². The Kier molecular flexibility index (Phi) is 17.9. The van der Waals surface area contributed by atoms with Gasteiger partial charge in [-0.25, -0.2) is 9.59 Å². The molecule has 0 aliphatic carbocycles. The van der Waals surface area contributed by atoms with Crippen LogP contribution >= 0.6 is 0 Å². The molecule has 0 heterocycles. The summed E-state index contributed by atoms with van der Waals surface area (Å²) in [6.45, 7) is 8.52. The van der Waals surface area contributed by atoms with Crippen LogP contribution < -0.4 is 9.80 Å². The van der Waals surface area contributed by atoms with Gasteiger partial charge in [-0.1, -0.05) is 182 Å². The predicted octanol–water partition coefficient (Wildman–Crippen LogP) is 19.4. The Morgan fingerprint density at radius 2 is 0.646 bits per heavy atom. The van der Waals surface area contributed by atoms with Crippen LogP contribution in [0.2, 0.25) is 0 Å². The summed E-state index contributed by atoms with van der Waals surface area (Å²) in [5.41, 5.74) is 20.9. The Bertz CT molecular complexity index is 3450. The summed E-state index contributed by atoms with van der Waals surface area (Å²) in [5, 5.41) is 0. The molecule has 82 heavy (non-hydrogen) atoms. The minimum Gasteiger partial charge on any atom is -0.435 e. The second kappa shape index (κ2) is 26.6. The SMILES string of the molecule is CCOC(=O)OCc1ccc(N(c2ccc(C=C(c3ccccc3)c3ccccc3)cc2)c2ccc(-c3ccc(N(c4ccc(C=C(c5ccccc5)c5ccccc5)cc4)c4ccc(COC(=O)OCC)cc4)c(C)c3)cc2C)cc1. The first-order valence-electron chi connectivity index (χ1n) is 27.7. The van der Waals surface area contributed by atoms with Crippen LogP contribution in [0.5, 0.6) is 0 Å². The average molecular weight is 1080 g/mol. The van der Waals surface area contributed by atoms with E-state index in [1.54, 1.807) is 13.8 Å². The zero-order valence-corrected chi connectivity index (χ0v) is 46.6. The van der Waals surface area contributed by atoms with Gasteiger partial charge in [0.1, 0.15) is 13.2 Å². The number of aryl methyl sites for hydroxylation is 2. The third kappa shape index (κ3) is 13.6. The lowest BCUT2D eigenvalue weighted by Gasteiger charge is -2.28. The average Bonchev–Trinajstić information content (AvgIpc) is 3.68. The minimum absolute atomic E-state index is 0.101. The van der Waals surface area contributed by atoms with Crippen LogP contribution in [0.25, 0.3) is 34.4 Å². The molecule has 10 aromatic rings. The maximum Gasteiger partial charge on any atom is 0.508 e. The summed E-state index contributed by atoms with van der Waals surface area (Å²) >= 11 is 0. The zero-order chi connectivity index (χ0) is 56.6. The molecule has 0 bridgehead atoms. The highest BCUT2D eigenvalue weighted by Crippen LogP contribution is 2.42. The van der Waals surface area contributed by atoms with Gasteiger partial charge in [0.05, 0.1) is 13.2 Å². The van der Waals surface area contributed by atoms with E-state index < -0.39 is 12.3 Å². The van der Waals surface area contributed by atoms with Crippen molar-refractivity contribution in [2.24, 2.45) is 0 Å². The Balaban J connectivity index is 0.980. The van der Waals surface area contributed by atoms with E-state index in [1.165, 1.54) is 0 Å². The zero-order valence-electron chi connectivity index (χ0n) is 46.6. The molecular formula is C74H64N2O6. The lowest BCUT2D eigenvalue weighted by Crippen LogP contribution is -2.12. The molecule has 8 heteroatoms. The Morgan fingerprint density at radius 1 is 0.354 bits per heavy atom. The number of hydrogen-bond donors (Lipinski definition) is 0. The van der Waals surface area contributed by atoms with Crippen LogP contribution in [0, 0.1) is 13.8 Å².